The molecular weight excluding hydrogens is 268 g/mol. The van der Waals surface area contributed by atoms with Crippen LogP contribution in [0, 0.1) is 5.41 Å². The van der Waals surface area contributed by atoms with E-state index in [0.717, 1.165) is 18.2 Å². The Balaban J connectivity index is 2.07. The van der Waals surface area contributed by atoms with Crippen molar-refractivity contribution >= 4 is 33.9 Å². The van der Waals surface area contributed by atoms with Gasteiger partial charge >= 0.3 is 0 Å². The third-order valence-corrected chi connectivity index (χ3v) is 4.65. The van der Waals surface area contributed by atoms with Crippen LogP contribution in [-0.2, 0) is 0 Å². The van der Waals surface area contributed by atoms with Gasteiger partial charge in [-0.2, -0.15) is 0 Å². The number of alkyl halides is 1. The van der Waals surface area contributed by atoms with Crippen LogP contribution in [0.15, 0.2) is 5.38 Å². The number of carbonyl (C=O) groups excluding carboxylic acids is 1. The Bertz CT molecular complexity index is 430. The number of anilines is 1. The number of aromatic nitrogens is 1. The highest BCUT2D eigenvalue weighted by atomic mass is 35.5. The molecule has 0 unspecified atom stereocenters. The van der Waals surface area contributed by atoms with E-state index in [1.165, 1.54) is 19.3 Å². The molecule has 0 saturated carbocycles. The lowest BCUT2D eigenvalue weighted by atomic mass is 9.85. The zero-order valence-corrected chi connectivity index (χ0v) is 12.5. The summed E-state index contributed by atoms with van der Waals surface area (Å²) in [6, 6.07) is 0. The zero-order valence-electron chi connectivity index (χ0n) is 10.9. The SMILES string of the molecule is CC1(C)CCCN(c2nc(C(=O)CCl)cs2)CC1. The maximum atomic E-state index is 11.5. The Kier molecular flexibility index (Phi) is 4.28. The number of hydrogen-bond donors (Lipinski definition) is 0. The summed E-state index contributed by atoms with van der Waals surface area (Å²) in [6.45, 7) is 6.70. The standard InChI is InChI=1S/C13H19ClN2OS/c1-13(2)4-3-6-16(7-5-13)12-15-10(9-18-12)11(17)8-14/h9H,3-8H2,1-2H3. The van der Waals surface area contributed by atoms with Crippen molar-refractivity contribution < 1.29 is 4.79 Å². The average Bonchev–Trinajstić information content (AvgIpc) is 2.74. The molecule has 0 radical (unpaired) electrons. The minimum atomic E-state index is -0.0886. The summed E-state index contributed by atoms with van der Waals surface area (Å²) in [5.74, 6) is -0.0785. The van der Waals surface area contributed by atoms with Crippen molar-refractivity contribution in [2.24, 2.45) is 5.41 Å². The molecule has 1 aliphatic heterocycles. The molecule has 2 rings (SSSR count). The molecule has 3 nitrogen and oxygen atoms in total. The van der Waals surface area contributed by atoms with Gasteiger partial charge in [0.15, 0.2) is 10.9 Å². The molecule has 5 heteroatoms. The molecule has 100 valence electrons. The predicted octanol–water partition coefficient (Wildman–Crippen LogP) is 3.58. The van der Waals surface area contributed by atoms with Crippen LogP contribution >= 0.6 is 22.9 Å². The van der Waals surface area contributed by atoms with Crippen molar-refractivity contribution in [3.05, 3.63) is 11.1 Å². The fraction of sp³-hybridized carbons (Fsp3) is 0.692. The second-order valence-corrected chi connectivity index (χ2v) is 6.68. The minimum absolute atomic E-state index is 0.0101. The van der Waals surface area contributed by atoms with Gasteiger partial charge in [0.2, 0.25) is 0 Å². The van der Waals surface area contributed by atoms with Crippen LogP contribution in [0.2, 0.25) is 0 Å². The van der Waals surface area contributed by atoms with E-state index in [0.29, 0.717) is 11.1 Å². The number of carbonyl (C=O) groups is 1. The van der Waals surface area contributed by atoms with Gasteiger partial charge in [-0.15, -0.1) is 22.9 Å². The van der Waals surface area contributed by atoms with Crippen LogP contribution < -0.4 is 4.90 Å². The highest BCUT2D eigenvalue weighted by Crippen LogP contribution is 2.32. The van der Waals surface area contributed by atoms with Gasteiger partial charge < -0.3 is 4.90 Å². The summed E-state index contributed by atoms with van der Waals surface area (Å²) in [5, 5.41) is 2.77. The second-order valence-electron chi connectivity index (χ2n) is 5.58. The molecule has 1 aromatic rings. The van der Waals surface area contributed by atoms with Crippen molar-refractivity contribution in [1.29, 1.82) is 0 Å². The van der Waals surface area contributed by atoms with Gasteiger partial charge in [-0.3, -0.25) is 4.79 Å². The number of Topliss-reactive ketones (excluding diaryl/α,β-unsaturated/α-hetero) is 1. The zero-order chi connectivity index (χ0) is 13.2. The maximum absolute atomic E-state index is 11.5. The summed E-state index contributed by atoms with van der Waals surface area (Å²) in [6.07, 6.45) is 3.61. The van der Waals surface area contributed by atoms with Crippen LogP contribution in [0.25, 0.3) is 0 Å². The van der Waals surface area contributed by atoms with E-state index >= 15 is 0 Å². The third-order valence-electron chi connectivity index (χ3n) is 3.51. The van der Waals surface area contributed by atoms with Gasteiger partial charge in [-0.1, -0.05) is 13.8 Å². The Morgan fingerprint density at radius 1 is 1.50 bits per heavy atom. The largest absolute Gasteiger partial charge is 0.348 e. The van der Waals surface area contributed by atoms with Gasteiger partial charge in [-0.25, -0.2) is 4.98 Å². The van der Waals surface area contributed by atoms with E-state index in [4.69, 9.17) is 11.6 Å². The average molecular weight is 287 g/mol. The lowest BCUT2D eigenvalue weighted by molar-refractivity contribution is 0.101. The molecule has 0 atom stereocenters. The molecular formula is C13H19ClN2OS. The lowest BCUT2D eigenvalue weighted by Gasteiger charge is -2.22. The van der Waals surface area contributed by atoms with E-state index < -0.39 is 0 Å². The van der Waals surface area contributed by atoms with E-state index in [1.54, 1.807) is 11.3 Å². The number of thiazole rings is 1. The van der Waals surface area contributed by atoms with Crippen molar-refractivity contribution in [1.82, 2.24) is 4.98 Å². The molecule has 0 spiro atoms. The first kappa shape index (κ1) is 13.8. The van der Waals surface area contributed by atoms with Gasteiger partial charge in [0.1, 0.15) is 5.69 Å². The Hall–Kier alpha value is -0.610. The Morgan fingerprint density at radius 2 is 2.28 bits per heavy atom. The topological polar surface area (TPSA) is 33.2 Å². The summed E-state index contributed by atoms with van der Waals surface area (Å²) in [5.41, 5.74) is 0.925. The van der Waals surface area contributed by atoms with Crippen molar-refractivity contribution in [2.75, 3.05) is 23.9 Å². The molecule has 0 aliphatic carbocycles. The fourth-order valence-electron chi connectivity index (χ4n) is 2.22. The first-order chi connectivity index (χ1) is 8.52. The first-order valence-electron chi connectivity index (χ1n) is 6.31. The second kappa shape index (κ2) is 5.57. The maximum Gasteiger partial charge on any atom is 0.196 e. The third kappa shape index (κ3) is 3.23. The summed E-state index contributed by atoms with van der Waals surface area (Å²) < 4.78 is 0. The fourth-order valence-corrected chi connectivity index (χ4v) is 3.24. The van der Waals surface area contributed by atoms with E-state index in [2.05, 4.69) is 23.7 Å². The summed E-state index contributed by atoms with van der Waals surface area (Å²) >= 11 is 7.09. The van der Waals surface area contributed by atoms with Crippen LogP contribution in [0.5, 0.6) is 0 Å². The van der Waals surface area contributed by atoms with Crippen LogP contribution in [0.4, 0.5) is 5.13 Å². The number of hydrogen-bond acceptors (Lipinski definition) is 4. The van der Waals surface area contributed by atoms with Gasteiger partial charge in [0.05, 0.1) is 5.88 Å². The minimum Gasteiger partial charge on any atom is -0.348 e. The summed E-state index contributed by atoms with van der Waals surface area (Å²) in [7, 11) is 0. The Morgan fingerprint density at radius 3 is 3.00 bits per heavy atom. The molecule has 0 aromatic carbocycles. The first-order valence-corrected chi connectivity index (χ1v) is 7.73. The van der Waals surface area contributed by atoms with Crippen LogP contribution in [0.1, 0.15) is 43.6 Å². The number of halogens is 1. The van der Waals surface area contributed by atoms with E-state index in [-0.39, 0.29) is 11.7 Å². The number of rotatable bonds is 3. The highest BCUT2D eigenvalue weighted by molar-refractivity contribution is 7.14. The van der Waals surface area contributed by atoms with Crippen molar-refractivity contribution in [3.63, 3.8) is 0 Å². The van der Waals surface area contributed by atoms with Crippen LogP contribution in [-0.4, -0.2) is 29.7 Å². The van der Waals surface area contributed by atoms with Crippen molar-refractivity contribution in [2.45, 2.75) is 33.1 Å². The normalized spacial score (nSPS) is 19.6. The molecule has 1 fully saturated rings. The van der Waals surface area contributed by atoms with E-state index in [1.807, 2.05) is 5.38 Å². The molecule has 1 saturated heterocycles. The van der Waals surface area contributed by atoms with Crippen molar-refractivity contribution in [3.8, 4) is 0 Å². The molecule has 1 aromatic heterocycles. The van der Waals surface area contributed by atoms with Gasteiger partial charge in [0.25, 0.3) is 0 Å². The van der Waals surface area contributed by atoms with Gasteiger partial charge in [-0.05, 0) is 24.7 Å². The van der Waals surface area contributed by atoms with Crippen LogP contribution in [0.3, 0.4) is 0 Å². The Labute approximate surface area is 117 Å². The lowest BCUT2D eigenvalue weighted by Crippen LogP contribution is -2.25. The number of nitrogens with zero attached hydrogens (tertiary/aromatic N) is 2. The molecule has 0 N–H and O–H groups in total. The monoisotopic (exact) mass is 286 g/mol. The molecule has 1 aliphatic rings. The van der Waals surface area contributed by atoms with Gasteiger partial charge in [0, 0.05) is 18.5 Å². The molecule has 18 heavy (non-hydrogen) atoms. The summed E-state index contributed by atoms with van der Waals surface area (Å²) in [4.78, 5) is 18.2. The molecule has 0 bridgehead atoms. The molecule has 2 heterocycles. The quantitative estimate of drug-likeness (QED) is 0.629. The molecule has 0 amide bonds. The smallest absolute Gasteiger partial charge is 0.196 e. The highest BCUT2D eigenvalue weighted by Gasteiger charge is 2.24. The van der Waals surface area contributed by atoms with E-state index in [9.17, 15) is 4.79 Å². The predicted molar refractivity (Wildman–Crippen MR) is 77.0 cm³/mol. The number of ketones is 1.